The number of hydrogen-bond acceptors (Lipinski definition) is 1. The molecule has 0 radical (unpaired) electrons. The van der Waals surface area contributed by atoms with Gasteiger partial charge >= 0.3 is 0 Å². The summed E-state index contributed by atoms with van der Waals surface area (Å²) in [7, 11) is -5.71. The monoisotopic (exact) mass is 512 g/mol. The Morgan fingerprint density at radius 1 is 0.459 bits per heavy atom. The van der Waals surface area contributed by atoms with Crippen LogP contribution in [0.1, 0.15) is 6.42 Å². The number of hydrogen-bond donors (Lipinski definition) is 0. The minimum absolute atomic E-state index is 0.888. The molecule has 182 valence electrons. The van der Waals surface area contributed by atoms with Crippen LogP contribution in [0.4, 0.5) is 0 Å². The molecule has 0 heterocycles. The summed E-state index contributed by atoms with van der Waals surface area (Å²) in [5, 5.41) is 6.37. The zero-order valence-corrected chi connectivity index (χ0v) is 23.0. The molecule has 5 aromatic carbocycles. The Bertz CT molecular complexity index is 1250. The highest BCUT2D eigenvalue weighted by atomic mass is 28.4. The Balaban J connectivity index is 1.87. The number of rotatable bonds is 10. The van der Waals surface area contributed by atoms with Gasteiger partial charge in [0.05, 0.1) is 0 Å². The van der Waals surface area contributed by atoms with Gasteiger partial charge in [-0.25, -0.2) is 0 Å². The van der Waals surface area contributed by atoms with Gasteiger partial charge in [0.25, 0.3) is 8.32 Å². The maximum atomic E-state index is 8.09. The molecule has 0 N–H and O–H groups in total. The smallest absolute Gasteiger partial charge is 0.278 e. The van der Waals surface area contributed by atoms with E-state index < -0.39 is 16.6 Å². The first kappa shape index (κ1) is 24.9. The molecule has 0 amide bonds. The van der Waals surface area contributed by atoms with Crippen molar-refractivity contribution in [2.45, 2.75) is 12.5 Å². The lowest BCUT2D eigenvalue weighted by Crippen LogP contribution is -2.77. The molecule has 0 bridgehead atoms. The van der Waals surface area contributed by atoms with Gasteiger partial charge in [-0.15, -0.1) is 6.58 Å². The summed E-state index contributed by atoms with van der Waals surface area (Å²) in [6, 6.07) is 55.5. The lowest BCUT2D eigenvalue weighted by atomic mass is 10.3. The predicted molar refractivity (Wildman–Crippen MR) is 163 cm³/mol. The van der Waals surface area contributed by atoms with Crippen LogP contribution in [-0.4, -0.2) is 16.6 Å². The maximum Gasteiger partial charge on any atom is 0.278 e. The molecule has 0 aliphatic carbocycles. The minimum atomic E-state index is -2.95. The number of benzene rings is 5. The fourth-order valence-corrected chi connectivity index (χ4v) is 16.1. The Morgan fingerprint density at radius 2 is 0.757 bits per heavy atom. The zero-order valence-electron chi connectivity index (χ0n) is 21.0. The quantitative estimate of drug-likeness (QED) is 0.145. The number of allylic oxidation sites excluding steroid dienone is 1. The van der Waals surface area contributed by atoms with Gasteiger partial charge in [-0.2, -0.15) is 0 Å². The van der Waals surface area contributed by atoms with E-state index in [-0.39, 0.29) is 0 Å². The summed E-state index contributed by atoms with van der Waals surface area (Å²) in [4.78, 5) is 0. The first-order valence-electron chi connectivity index (χ1n) is 12.9. The summed E-state index contributed by atoms with van der Waals surface area (Å²) < 4.78 is 8.09. The third-order valence-corrected chi connectivity index (χ3v) is 16.6. The Kier molecular flexibility index (Phi) is 7.76. The van der Waals surface area contributed by atoms with E-state index in [9.17, 15) is 0 Å². The molecule has 0 aliphatic rings. The molecule has 0 fully saturated rings. The van der Waals surface area contributed by atoms with Gasteiger partial charge in [0, 0.05) is 0 Å². The molecule has 5 rings (SSSR count). The van der Waals surface area contributed by atoms with Crippen molar-refractivity contribution >= 4 is 42.6 Å². The maximum absolute atomic E-state index is 8.09. The van der Waals surface area contributed by atoms with E-state index in [4.69, 9.17) is 4.12 Å². The van der Waals surface area contributed by atoms with Crippen molar-refractivity contribution in [3.63, 3.8) is 0 Å². The van der Waals surface area contributed by atoms with Gasteiger partial charge < -0.3 is 4.12 Å². The van der Waals surface area contributed by atoms with Gasteiger partial charge in [-0.1, -0.05) is 158 Å². The molecule has 0 spiro atoms. The lowest BCUT2D eigenvalue weighted by molar-refractivity contribution is 0.582. The fraction of sp³-hybridized carbons (Fsp3) is 0.0588. The first-order valence-corrected chi connectivity index (χ1v) is 16.9. The summed E-state index contributed by atoms with van der Waals surface area (Å²) in [5.74, 6) is 0. The predicted octanol–water partition coefficient (Wildman–Crippen LogP) is 5.01. The van der Waals surface area contributed by atoms with E-state index in [1.807, 2.05) is 6.08 Å². The van der Waals surface area contributed by atoms with Crippen LogP contribution in [-0.2, 0) is 4.12 Å². The molecule has 0 unspecified atom stereocenters. The highest BCUT2D eigenvalue weighted by molar-refractivity contribution is 7.14. The van der Waals surface area contributed by atoms with E-state index in [0.717, 1.165) is 12.5 Å². The average Bonchev–Trinajstić information content (AvgIpc) is 3.00. The van der Waals surface area contributed by atoms with E-state index in [0.29, 0.717) is 0 Å². The summed E-state index contributed by atoms with van der Waals surface area (Å²) >= 11 is 0. The molecule has 0 atom stereocenters. The second-order valence-corrected chi connectivity index (χ2v) is 16.5. The molecule has 37 heavy (non-hydrogen) atoms. The summed E-state index contributed by atoms with van der Waals surface area (Å²) in [5.41, 5.74) is 0. The van der Waals surface area contributed by atoms with Crippen molar-refractivity contribution in [2.24, 2.45) is 0 Å². The van der Waals surface area contributed by atoms with Crippen LogP contribution in [0, 0.1) is 0 Å². The zero-order chi connectivity index (χ0) is 25.4. The average molecular weight is 513 g/mol. The van der Waals surface area contributed by atoms with Gasteiger partial charge in [-0.3, -0.25) is 0 Å². The largest absolute Gasteiger partial charge is 0.439 e. The van der Waals surface area contributed by atoms with Crippen LogP contribution >= 0.6 is 0 Å². The van der Waals surface area contributed by atoms with E-state index in [1.165, 1.54) is 25.9 Å². The van der Waals surface area contributed by atoms with Crippen molar-refractivity contribution < 1.29 is 4.12 Å². The van der Waals surface area contributed by atoms with Gasteiger partial charge in [0.2, 0.25) is 8.32 Å². The lowest BCUT2D eigenvalue weighted by Gasteiger charge is -2.43. The van der Waals surface area contributed by atoms with Crippen LogP contribution in [0.5, 0.6) is 0 Å². The summed E-state index contributed by atoms with van der Waals surface area (Å²) in [6.45, 7) is 4.10. The molecule has 5 aromatic rings. The Labute approximate surface area is 223 Å². The summed E-state index contributed by atoms with van der Waals surface area (Å²) in [6.07, 6.45) is 2.92. The molecule has 0 saturated carbocycles. The van der Waals surface area contributed by atoms with Crippen molar-refractivity contribution in [1.29, 1.82) is 0 Å². The normalized spacial score (nSPS) is 11.7. The van der Waals surface area contributed by atoms with Crippen LogP contribution < -0.4 is 25.9 Å². The second kappa shape index (κ2) is 11.5. The van der Waals surface area contributed by atoms with E-state index >= 15 is 0 Å². The van der Waals surface area contributed by atoms with Gasteiger partial charge in [-0.05, 0) is 38.4 Å². The highest BCUT2D eigenvalue weighted by Gasteiger charge is 2.51. The fourth-order valence-electron chi connectivity index (χ4n) is 5.30. The standard InChI is InChI=1S/C34H32OSi2/c1-2-3-29-36(30-19-9-4-10-20-30,31-21-11-5-12-22-31)35-37(32-23-13-6-14-24-32,33-25-15-7-16-26-33)34-27-17-8-18-28-34/h2,4-28H,1,3,29H2. The topological polar surface area (TPSA) is 9.23 Å². The molecule has 3 heteroatoms. The van der Waals surface area contributed by atoms with Crippen molar-refractivity contribution in [2.75, 3.05) is 0 Å². The minimum Gasteiger partial charge on any atom is -0.439 e. The van der Waals surface area contributed by atoms with Crippen LogP contribution in [0.3, 0.4) is 0 Å². The van der Waals surface area contributed by atoms with Gasteiger partial charge in [0.15, 0.2) is 0 Å². The first-order chi connectivity index (χ1) is 18.3. The molecule has 0 saturated heterocycles. The van der Waals surface area contributed by atoms with E-state index in [2.05, 4.69) is 158 Å². The third kappa shape index (κ3) is 4.94. The SMILES string of the molecule is C=CCC[Si](O[Si](c1ccccc1)(c1ccccc1)c1ccccc1)(c1ccccc1)c1ccccc1. The van der Waals surface area contributed by atoms with Crippen LogP contribution in [0.2, 0.25) is 6.04 Å². The molecular formula is C34H32OSi2. The highest BCUT2D eigenvalue weighted by Crippen LogP contribution is 2.23. The Morgan fingerprint density at radius 3 is 1.05 bits per heavy atom. The van der Waals surface area contributed by atoms with Crippen molar-refractivity contribution in [3.8, 4) is 0 Å². The third-order valence-electron chi connectivity index (χ3n) is 7.05. The second-order valence-electron chi connectivity index (χ2n) is 9.27. The van der Waals surface area contributed by atoms with Crippen LogP contribution in [0.15, 0.2) is 164 Å². The molecule has 0 aliphatic heterocycles. The van der Waals surface area contributed by atoms with Crippen molar-refractivity contribution in [3.05, 3.63) is 164 Å². The van der Waals surface area contributed by atoms with Crippen LogP contribution in [0.25, 0.3) is 0 Å². The van der Waals surface area contributed by atoms with Crippen molar-refractivity contribution in [1.82, 2.24) is 0 Å². The van der Waals surface area contributed by atoms with Gasteiger partial charge in [0.1, 0.15) is 0 Å². The van der Waals surface area contributed by atoms with E-state index in [1.54, 1.807) is 0 Å². The molecular weight excluding hydrogens is 481 g/mol. The molecule has 0 aromatic heterocycles. The molecule has 1 nitrogen and oxygen atoms in total. The Hall–Kier alpha value is -3.77.